The lowest BCUT2D eigenvalue weighted by Gasteiger charge is -2.21. The molecular formula is C15H16N2O5. The van der Waals surface area contributed by atoms with Crippen LogP contribution < -0.4 is 4.74 Å². The number of nitro groups is 1. The first-order chi connectivity index (χ1) is 10.5. The van der Waals surface area contributed by atoms with Crippen molar-refractivity contribution in [2.45, 2.75) is 32.1 Å². The van der Waals surface area contributed by atoms with Crippen molar-refractivity contribution >= 4 is 11.5 Å². The maximum atomic E-state index is 12.6. The van der Waals surface area contributed by atoms with Gasteiger partial charge in [-0.2, -0.15) is 5.26 Å². The van der Waals surface area contributed by atoms with Gasteiger partial charge in [0, 0.05) is 12.0 Å². The van der Waals surface area contributed by atoms with Crippen LogP contribution in [0.25, 0.3) is 0 Å². The monoisotopic (exact) mass is 304 g/mol. The molecule has 7 heteroatoms. The second kappa shape index (κ2) is 6.43. The van der Waals surface area contributed by atoms with Crippen LogP contribution in [0.1, 0.15) is 48.0 Å². The fourth-order valence-corrected chi connectivity index (χ4v) is 2.87. The maximum Gasteiger partial charge on any atom is 0.326 e. The number of hydrogen-bond donors (Lipinski definition) is 1. The lowest BCUT2D eigenvalue weighted by Crippen LogP contribution is -2.20. The van der Waals surface area contributed by atoms with Gasteiger partial charge in [0.1, 0.15) is 11.6 Å². The van der Waals surface area contributed by atoms with Crippen molar-refractivity contribution in [3.63, 3.8) is 0 Å². The van der Waals surface area contributed by atoms with E-state index in [2.05, 4.69) is 0 Å². The summed E-state index contributed by atoms with van der Waals surface area (Å²) in [5.41, 5.74) is -1.19. The van der Waals surface area contributed by atoms with Crippen molar-refractivity contribution in [3.05, 3.63) is 27.3 Å². The number of carbonyl (C=O) groups excluding carboxylic acids is 1. The van der Waals surface area contributed by atoms with Crippen LogP contribution in [0.2, 0.25) is 0 Å². The summed E-state index contributed by atoms with van der Waals surface area (Å²) in [5, 5.41) is 30.5. The van der Waals surface area contributed by atoms with Crippen LogP contribution in [0.5, 0.6) is 11.5 Å². The highest BCUT2D eigenvalue weighted by molar-refractivity contribution is 6.05. The van der Waals surface area contributed by atoms with Gasteiger partial charge in [-0.3, -0.25) is 14.9 Å². The van der Waals surface area contributed by atoms with E-state index in [4.69, 9.17) is 4.74 Å². The number of ketones is 1. The minimum Gasteiger partial charge on any atom is -0.499 e. The molecule has 0 spiro atoms. The number of hydrogen-bond acceptors (Lipinski definition) is 6. The summed E-state index contributed by atoms with van der Waals surface area (Å²) in [6.45, 7) is 0. The predicted molar refractivity (Wildman–Crippen MR) is 76.9 cm³/mol. The van der Waals surface area contributed by atoms with Crippen LogP contribution in [0.15, 0.2) is 6.07 Å². The fourth-order valence-electron chi connectivity index (χ4n) is 2.87. The second-order valence-corrected chi connectivity index (χ2v) is 5.27. The number of benzene rings is 1. The van der Waals surface area contributed by atoms with Gasteiger partial charge in [0.2, 0.25) is 5.75 Å². The normalized spacial score (nSPS) is 15.1. The Kier molecular flexibility index (Phi) is 4.61. The quantitative estimate of drug-likeness (QED) is 0.519. The van der Waals surface area contributed by atoms with E-state index in [1.807, 2.05) is 0 Å². The van der Waals surface area contributed by atoms with E-state index in [-0.39, 0.29) is 22.8 Å². The van der Waals surface area contributed by atoms with Gasteiger partial charge >= 0.3 is 5.69 Å². The SMILES string of the molecule is COc1cc(C#N)c(C(=O)C2CCCCC2)c([N+](=O)[O-])c1O. The van der Waals surface area contributed by atoms with E-state index in [0.717, 1.165) is 19.3 Å². The molecule has 7 nitrogen and oxygen atoms in total. The van der Waals surface area contributed by atoms with Crippen LogP contribution >= 0.6 is 0 Å². The summed E-state index contributed by atoms with van der Waals surface area (Å²) in [7, 11) is 1.22. The van der Waals surface area contributed by atoms with Gasteiger partial charge in [-0.1, -0.05) is 19.3 Å². The zero-order chi connectivity index (χ0) is 16.3. The fraction of sp³-hybridized carbons (Fsp3) is 0.467. The number of Topliss-reactive ketones (excluding diaryl/α,β-unsaturated/α-hetero) is 1. The standard InChI is InChI=1S/C15H16N2O5/c1-22-11-7-10(8-16)12(13(15(11)19)17(20)21)14(18)9-5-3-2-4-6-9/h7,9,19H,2-6H2,1H3. The first-order valence-corrected chi connectivity index (χ1v) is 7.03. The highest BCUT2D eigenvalue weighted by atomic mass is 16.6. The first-order valence-electron chi connectivity index (χ1n) is 7.03. The Bertz CT molecular complexity index is 657. The molecule has 0 amide bonds. The predicted octanol–water partition coefficient (Wildman–Crippen LogP) is 2.94. The summed E-state index contributed by atoms with van der Waals surface area (Å²) in [6.07, 6.45) is 4.09. The number of phenolic OH excluding ortho intramolecular Hbond substituents is 1. The van der Waals surface area contributed by atoms with Gasteiger partial charge in [-0.15, -0.1) is 0 Å². The molecule has 1 saturated carbocycles. The topological polar surface area (TPSA) is 113 Å². The molecule has 1 N–H and O–H groups in total. The summed E-state index contributed by atoms with van der Waals surface area (Å²) in [4.78, 5) is 23.1. The van der Waals surface area contributed by atoms with Crippen molar-refractivity contribution in [1.29, 1.82) is 5.26 Å². The summed E-state index contributed by atoms with van der Waals surface area (Å²) < 4.78 is 4.84. The summed E-state index contributed by atoms with van der Waals surface area (Å²) in [6, 6.07) is 2.96. The molecule has 0 bridgehead atoms. The third-order valence-corrected chi connectivity index (χ3v) is 3.98. The Labute approximate surface area is 127 Å². The molecule has 0 saturated heterocycles. The first kappa shape index (κ1) is 15.8. The molecule has 116 valence electrons. The molecule has 1 aromatic rings. The van der Waals surface area contributed by atoms with Gasteiger partial charge in [0.15, 0.2) is 11.5 Å². The Morgan fingerprint density at radius 3 is 2.59 bits per heavy atom. The van der Waals surface area contributed by atoms with Crippen LogP contribution in [0, 0.1) is 27.4 Å². The minimum atomic E-state index is -0.839. The number of carbonyl (C=O) groups is 1. The number of phenols is 1. The molecule has 1 aliphatic carbocycles. The second-order valence-electron chi connectivity index (χ2n) is 5.27. The molecule has 0 aliphatic heterocycles. The molecule has 1 aromatic carbocycles. The van der Waals surface area contributed by atoms with Gasteiger partial charge in [-0.25, -0.2) is 0 Å². The van der Waals surface area contributed by atoms with Crippen LogP contribution in [0.4, 0.5) is 5.69 Å². The molecule has 0 radical (unpaired) electrons. The van der Waals surface area contributed by atoms with E-state index in [0.29, 0.717) is 12.8 Å². The largest absolute Gasteiger partial charge is 0.499 e. The number of nitriles is 1. The molecule has 1 aliphatic rings. The average Bonchev–Trinajstić information content (AvgIpc) is 2.54. The Morgan fingerprint density at radius 2 is 2.09 bits per heavy atom. The van der Waals surface area contributed by atoms with Crippen LogP contribution in [0.3, 0.4) is 0 Å². The van der Waals surface area contributed by atoms with Crippen molar-refractivity contribution in [1.82, 2.24) is 0 Å². The maximum absolute atomic E-state index is 12.6. The van der Waals surface area contributed by atoms with E-state index < -0.39 is 22.1 Å². The van der Waals surface area contributed by atoms with Gasteiger partial charge < -0.3 is 9.84 Å². The van der Waals surface area contributed by atoms with Crippen molar-refractivity contribution in [2.75, 3.05) is 7.11 Å². The Morgan fingerprint density at radius 1 is 1.45 bits per heavy atom. The summed E-state index contributed by atoms with van der Waals surface area (Å²) in [5.74, 6) is -1.69. The zero-order valence-electron chi connectivity index (χ0n) is 12.2. The molecule has 2 rings (SSSR count). The van der Waals surface area contributed by atoms with Crippen molar-refractivity contribution < 1.29 is 19.6 Å². The summed E-state index contributed by atoms with van der Waals surface area (Å²) >= 11 is 0. The molecule has 0 atom stereocenters. The van der Waals surface area contributed by atoms with E-state index in [9.17, 15) is 25.3 Å². The molecule has 0 unspecified atom stereocenters. The van der Waals surface area contributed by atoms with E-state index in [1.165, 1.54) is 13.2 Å². The highest BCUT2D eigenvalue weighted by Gasteiger charge is 2.35. The zero-order valence-corrected chi connectivity index (χ0v) is 12.2. The highest BCUT2D eigenvalue weighted by Crippen LogP contribution is 2.42. The third kappa shape index (κ3) is 2.72. The van der Waals surface area contributed by atoms with Crippen molar-refractivity contribution in [2.24, 2.45) is 5.92 Å². The van der Waals surface area contributed by atoms with Gasteiger partial charge in [0.25, 0.3) is 0 Å². The number of methoxy groups -OCH3 is 1. The number of nitro benzene ring substituents is 1. The molecule has 1 fully saturated rings. The lowest BCUT2D eigenvalue weighted by molar-refractivity contribution is -0.386. The average molecular weight is 304 g/mol. The number of nitrogens with zero attached hydrogens (tertiary/aromatic N) is 2. The van der Waals surface area contributed by atoms with Gasteiger partial charge in [0.05, 0.1) is 17.6 Å². The molecular weight excluding hydrogens is 288 g/mol. The Hall–Kier alpha value is -2.62. The Balaban J connectivity index is 2.62. The van der Waals surface area contributed by atoms with E-state index in [1.54, 1.807) is 6.07 Å². The van der Waals surface area contributed by atoms with E-state index >= 15 is 0 Å². The number of ether oxygens (including phenoxy) is 1. The minimum absolute atomic E-state index is 0.142. The van der Waals surface area contributed by atoms with Gasteiger partial charge in [-0.05, 0) is 12.8 Å². The molecule has 0 aromatic heterocycles. The van der Waals surface area contributed by atoms with Crippen molar-refractivity contribution in [3.8, 4) is 17.6 Å². The number of aromatic hydroxyl groups is 1. The lowest BCUT2D eigenvalue weighted by atomic mass is 9.82. The smallest absolute Gasteiger partial charge is 0.326 e. The third-order valence-electron chi connectivity index (χ3n) is 3.98. The molecule has 0 heterocycles. The van der Waals surface area contributed by atoms with Crippen LogP contribution in [-0.4, -0.2) is 22.9 Å². The van der Waals surface area contributed by atoms with Crippen LogP contribution in [-0.2, 0) is 0 Å². The number of rotatable bonds is 4. The molecule has 22 heavy (non-hydrogen) atoms.